The number of carboxylic acid groups (broad SMARTS) is 1. The van der Waals surface area contributed by atoms with Gasteiger partial charge in [-0.05, 0) is 6.92 Å². The van der Waals surface area contributed by atoms with Crippen molar-refractivity contribution >= 4 is 12.0 Å². The summed E-state index contributed by atoms with van der Waals surface area (Å²) in [6.45, 7) is 2.24. The van der Waals surface area contributed by atoms with Crippen LogP contribution >= 0.6 is 0 Å². The molecule has 0 aromatic carbocycles. The molecule has 6 heteroatoms. The van der Waals surface area contributed by atoms with Crippen LogP contribution in [0, 0.1) is 12.3 Å². The van der Waals surface area contributed by atoms with E-state index in [-0.39, 0.29) is 13.2 Å². The second kappa shape index (κ2) is 5.37. The maximum atomic E-state index is 11.7. The minimum atomic E-state index is -1.08. The van der Waals surface area contributed by atoms with Gasteiger partial charge in [-0.3, -0.25) is 0 Å². The highest BCUT2D eigenvalue weighted by atomic mass is 16.5. The van der Waals surface area contributed by atoms with Crippen molar-refractivity contribution in [1.82, 2.24) is 10.2 Å². The van der Waals surface area contributed by atoms with Crippen LogP contribution in [-0.2, 0) is 9.53 Å². The van der Waals surface area contributed by atoms with Gasteiger partial charge in [-0.25, -0.2) is 9.59 Å². The van der Waals surface area contributed by atoms with E-state index in [1.165, 1.54) is 4.90 Å². The third-order valence-electron chi connectivity index (χ3n) is 2.26. The molecule has 16 heavy (non-hydrogen) atoms. The SMILES string of the molecule is C#CC(C)NC(=O)N1CCOCC1C(=O)O. The molecular formula is C10H14N2O4. The van der Waals surface area contributed by atoms with Crippen LogP contribution in [-0.4, -0.2) is 53.8 Å². The van der Waals surface area contributed by atoms with Crippen molar-refractivity contribution in [3.05, 3.63) is 0 Å². The smallest absolute Gasteiger partial charge is 0.328 e. The zero-order valence-corrected chi connectivity index (χ0v) is 8.97. The molecule has 2 amide bonds. The molecule has 2 N–H and O–H groups in total. The number of nitrogens with one attached hydrogen (secondary N) is 1. The van der Waals surface area contributed by atoms with Gasteiger partial charge in [0.15, 0.2) is 6.04 Å². The molecule has 0 radical (unpaired) electrons. The Morgan fingerprint density at radius 1 is 1.69 bits per heavy atom. The first-order valence-electron chi connectivity index (χ1n) is 4.90. The average Bonchev–Trinajstić information content (AvgIpc) is 2.28. The highest BCUT2D eigenvalue weighted by Crippen LogP contribution is 2.07. The van der Waals surface area contributed by atoms with Crippen LogP contribution < -0.4 is 5.32 Å². The molecule has 0 spiro atoms. The van der Waals surface area contributed by atoms with Crippen LogP contribution in [0.2, 0.25) is 0 Å². The Balaban J connectivity index is 2.65. The number of nitrogens with zero attached hydrogens (tertiary/aromatic N) is 1. The fourth-order valence-electron chi connectivity index (χ4n) is 1.36. The van der Waals surface area contributed by atoms with Crippen LogP contribution in [0.15, 0.2) is 0 Å². The number of morpholine rings is 1. The number of carbonyl (C=O) groups is 2. The first-order valence-corrected chi connectivity index (χ1v) is 4.90. The van der Waals surface area contributed by atoms with E-state index in [4.69, 9.17) is 16.3 Å². The van der Waals surface area contributed by atoms with Crippen molar-refractivity contribution in [2.45, 2.75) is 19.0 Å². The van der Waals surface area contributed by atoms with Crippen molar-refractivity contribution in [2.24, 2.45) is 0 Å². The molecule has 0 aromatic heterocycles. The molecule has 2 unspecified atom stereocenters. The molecule has 1 rings (SSSR count). The standard InChI is InChI=1S/C10H14N2O4/c1-3-7(2)11-10(15)12-4-5-16-6-8(12)9(13)14/h1,7-8H,4-6H2,2H3,(H,11,15)(H,13,14). The summed E-state index contributed by atoms with van der Waals surface area (Å²) in [5, 5.41) is 11.4. The van der Waals surface area contributed by atoms with Gasteiger partial charge in [0.05, 0.1) is 19.3 Å². The number of hydrogen-bond acceptors (Lipinski definition) is 3. The van der Waals surface area contributed by atoms with E-state index in [0.717, 1.165) is 0 Å². The molecule has 1 aliphatic heterocycles. The zero-order valence-electron chi connectivity index (χ0n) is 8.97. The lowest BCUT2D eigenvalue weighted by Gasteiger charge is -2.33. The monoisotopic (exact) mass is 226 g/mol. The van der Waals surface area contributed by atoms with E-state index in [0.29, 0.717) is 6.61 Å². The lowest BCUT2D eigenvalue weighted by atomic mass is 10.2. The fraction of sp³-hybridized carbons (Fsp3) is 0.600. The van der Waals surface area contributed by atoms with Gasteiger partial charge >= 0.3 is 12.0 Å². The second-order valence-corrected chi connectivity index (χ2v) is 3.46. The van der Waals surface area contributed by atoms with Crippen LogP contribution in [0.3, 0.4) is 0 Å². The molecule has 1 heterocycles. The van der Waals surface area contributed by atoms with E-state index in [9.17, 15) is 9.59 Å². The largest absolute Gasteiger partial charge is 0.480 e. The quantitative estimate of drug-likeness (QED) is 0.622. The summed E-state index contributed by atoms with van der Waals surface area (Å²) in [6, 6.07) is -1.84. The first kappa shape index (κ1) is 12.3. The van der Waals surface area contributed by atoms with Gasteiger partial charge in [-0.15, -0.1) is 6.42 Å². The zero-order chi connectivity index (χ0) is 12.1. The molecule has 0 aliphatic carbocycles. The summed E-state index contributed by atoms with van der Waals surface area (Å²) in [5.74, 6) is 1.26. The Morgan fingerprint density at radius 3 is 2.94 bits per heavy atom. The van der Waals surface area contributed by atoms with E-state index in [1.54, 1.807) is 6.92 Å². The van der Waals surface area contributed by atoms with Crippen LogP contribution in [0.1, 0.15) is 6.92 Å². The topological polar surface area (TPSA) is 78.9 Å². The lowest BCUT2D eigenvalue weighted by molar-refractivity contribution is -0.147. The number of urea groups is 1. The summed E-state index contributed by atoms with van der Waals surface area (Å²) >= 11 is 0. The summed E-state index contributed by atoms with van der Waals surface area (Å²) in [5.41, 5.74) is 0. The molecule has 0 bridgehead atoms. The second-order valence-electron chi connectivity index (χ2n) is 3.46. The molecule has 6 nitrogen and oxygen atoms in total. The number of hydrogen-bond donors (Lipinski definition) is 2. The fourth-order valence-corrected chi connectivity index (χ4v) is 1.36. The van der Waals surface area contributed by atoms with Gasteiger partial charge in [0.1, 0.15) is 0 Å². The Morgan fingerprint density at radius 2 is 2.38 bits per heavy atom. The Kier molecular flexibility index (Phi) is 4.14. The number of aliphatic carboxylic acids is 1. The Bertz CT molecular complexity index is 323. The van der Waals surface area contributed by atoms with Crippen LogP contribution in [0.4, 0.5) is 4.79 Å². The summed E-state index contributed by atoms with van der Waals surface area (Å²) in [7, 11) is 0. The summed E-state index contributed by atoms with van der Waals surface area (Å²) in [6.07, 6.45) is 5.12. The van der Waals surface area contributed by atoms with E-state index in [2.05, 4.69) is 11.2 Å². The highest BCUT2D eigenvalue weighted by Gasteiger charge is 2.32. The van der Waals surface area contributed by atoms with E-state index in [1.807, 2.05) is 0 Å². The van der Waals surface area contributed by atoms with Crippen molar-refractivity contribution in [1.29, 1.82) is 0 Å². The summed E-state index contributed by atoms with van der Waals surface area (Å²) < 4.78 is 5.01. The third-order valence-corrected chi connectivity index (χ3v) is 2.26. The van der Waals surface area contributed by atoms with Gasteiger partial charge in [0, 0.05) is 6.54 Å². The number of amides is 2. The van der Waals surface area contributed by atoms with E-state index < -0.39 is 24.1 Å². The predicted molar refractivity (Wildman–Crippen MR) is 55.8 cm³/mol. The molecule has 88 valence electrons. The average molecular weight is 226 g/mol. The summed E-state index contributed by atoms with van der Waals surface area (Å²) in [4.78, 5) is 23.8. The number of rotatable bonds is 2. The van der Waals surface area contributed by atoms with Gasteiger partial charge in [-0.2, -0.15) is 0 Å². The molecule has 0 saturated carbocycles. The van der Waals surface area contributed by atoms with Crippen molar-refractivity contribution in [3.8, 4) is 12.3 Å². The van der Waals surface area contributed by atoms with Gasteiger partial charge < -0.3 is 20.1 Å². The third kappa shape index (κ3) is 2.87. The molecule has 1 saturated heterocycles. The van der Waals surface area contributed by atoms with Gasteiger partial charge in [0.25, 0.3) is 0 Å². The number of carbonyl (C=O) groups excluding carboxylic acids is 1. The minimum Gasteiger partial charge on any atom is -0.480 e. The van der Waals surface area contributed by atoms with Crippen LogP contribution in [0.25, 0.3) is 0 Å². The highest BCUT2D eigenvalue weighted by molar-refractivity contribution is 5.83. The van der Waals surface area contributed by atoms with Gasteiger partial charge in [0.2, 0.25) is 0 Å². The van der Waals surface area contributed by atoms with Gasteiger partial charge in [-0.1, -0.05) is 5.92 Å². The van der Waals surface area contributed by atoms with E-state index >= 15 is 0 Å². The van der Waals surface area contributed by atoms with Crippen molar-refractivity contribution in [2.75, 3.05) is 19.8 Å². The Hall–Kier alpha value is -1.74. The maximum Gasteiger partial charge on any atom is 0.328 e. The number of carboxylic acids is 1. The van der Waals surface area contributed by atoms with Crippen molar-refractivity contribution in [3.63, 3.8) is 0 Å². The van der Waals surface area contributed by atoms with Crippen LogP contribution in [0.5, 0.6) is 0 Å². The number of terminal acetylenes is 1. The Labute approximate surface area is 93.6 Å². The molecular weight excluding hydrogens is 212 g/mol. The maximum absolute atomic E-state index is 11.7. The number of ether oxygens (including phenoxy) is 1. The first-order chi connectivity index (χ1) is 7.56. The predicted octanol–water partition coefficient (Wildman–Crippen LogP) is -0.497. The molecule has 1 aliphatic rings. The molecule has 0 aromatic rings. The normalized spacial score (nSPS) is 22.0. The molecule has 1 fully saturated rings. The molecule has 2 atom stereocenters. The lowest BCUT2D eigenvalue weighted by Crippen LogP contribution is -2.56. The minimum absolute atomic E-state index is 0.00713. The van der Waals surface area contributed by atoms with Crippen molar-refractivity contribution < 1.29 is 19.4 Å².